The molecule has 1 aromatic rings. The SMILES string of the molecule is CC(C)[Si](OC[C@@H](C)NC(=O)c1cccc(/C=C\CCCC(=O)N(C)C)c1)(C(C)C)C(C)C. The Morgan fingerprint density at radius 2 is 1.64 bits per heavy atom. The van der Waals surface area contributed by atoms with Gasteiger partial charge in [-0.3, -0.25) is 9.59 Å². The van der Waals surface area contributed by atoms with E-state index in [4.69, 9.17) is 4.43 Å². The minimum absolute atomic E-state index is 0.0611. The van der Waals surface area contributed by atoms with E-state index in [-0.39, 0.29) is 17.9 Å². The molecule has 1 rings (SSSR count). The second-order valence-electron chi connectivity index (χ2n) is 10.2. The van der Waals surface area contributed by atoms with Crippen LogP contribution < -0.4 is 5.32 Å². The highest BCUT2D eigenvalue weighted by Gasteiger charge is 2.45. The minimum Gasteiger partial charge on any atom is -0.414 e. The highest BCUT2D eigenvalue weighted by Crippen LogP contribution is 2.42. The Balaban J connectivity index is 2.67. The Bertz CT molecular complexity index is 766. The summed E-state index contributed by atoms with van der Waals surface area (Å²) in [7, 11) is 1.60. The second kappa shape index (κ2) is 13.7. The fraction of sp³-hybridized carbons (Fsp3) is 0.630. The summed E-state index contributed by atoms with van der Waals surface area (Å²) in [5.41, 5.74) is 3.18. The standard InChI is InChI=1S/C27H46N2O3Si/c1-20(2)33(21(3)4,22(5)6)32-19-23(7)28-27(31)25-16-13-15-24(18-25)14-11-10-12-17-26(30)29(8)9/h11,13-16,18,20-23H,10,12,17,19H2,1-9H3,(H,28,31)/b14-11-/t23-/m1/s1. The van der Waals surface area contributed by atoms with E-state index >= 15 is 0 Å². The van der Waals surface area contributed by atoms with Gasteiger partial charge in [-0.15, -0.1) is 0 Å². The number of allylic oxidation sites excluding steroid dienone is 1. The number of unbranched alkanes of at least 4 members (excludes halogenated alkanes) is 1. The Morgan fingerprint density at radius 3 is 2.18 bits per heavy atom. The van der Waals surface area contributed by atoms with Gasteiger partial charge in [-0.1, -0.05) is 65.8 Å². The van der Waals surface area contributed by atoms with E-state index in [9.17, 15) is 9.59 Å². The Morgan fingerprint density at radius 1 is 1.03 bits per heavy atom. The molecular weight excluding hydrogens is 428 g/mol. The molecule has 33 heavy (non-hydrogen) atoms. The van der Waals surface area contributed by atoms with Crippen molar-refractivity contribution >= 4 is 26.2 Å². The predicted octanol–water partition coefficient (Wildman–Crippen LogP) is 6.27. The number of rotatable bonds is 13. The summed E-state index contributed by atoms with van der Waals surface area (Å²) >= 11 is 0. The van der Waals surface area contributed by atoms with Crippen LogP contribution in [0.4, 0.5) is 0 Å². The Labute approximate surface area is 203 Å². The first-order valence-corrected chi connectivity index (χ1v) is 14.5. The first-order chi connectivity index (χ1) is 15.4. The van der Waals surface area contributed by atoms with Crippen molar-refractivity contribution in [2.45, 2.75) is 90.4 Å². The molecule has 0 fully saturated rings. The lowest BCUT2D eigenvalue weighted by molar-refractivity contribution is -0.128. The number of carbonyl (C=O) groups excluding carboxylic acids is 2. The van der Waals surface area contributed by atoms with E-state index in [1.807, 2.05) is 37.3 Å². The molecule has 1 aromatic carbocycles. The van der Waals surface area contributed by atoms with Gasteiger partial charge < -0.3 is 14.6 Å². The topological polar surface area (TPSA) is 58.6 Å². The molecule has 0 aliphatic rings. The van der Waals surface area contributed by atoms with Gasteiger partial charge in [-0.25, -0.2) is 0 Å². The minimum atomic E-state index is -1.95. The monoisotopic (exact) mass is 474 g/mol. The van der Waals surface area contributed by atoms with Crippen LogP contribution in [0.3, 0.4) is 0 Å². The number of nitrogens with zero attached hydrogens (tertiary/aromatic N) is 1. The normalized spacial score (nSPS) is 13.2. The van der Waals surface area contributed by atoms with Gasteiger partial charge in [-0.2, -0.15) is 0 Å². The number of amides is 2. The summed E-state index contributed by atoms with van der Waals surface area (Å²) in [4.78, 5) is 26.1. The lowest BCUT2D eigenvalue weighted by Crippen LogP contribution is -2.50. The molecule has 0 saturated heterocycles. The molecule has 1 atom stereocenters. The molecular formula is C27H46N2O3Si. The van der Waals surface area contributed by atoms with Crippen molar-refractivity contribution in [3.8, 4) is 0 Å². The number of benzene rings is 1. The third kappa shape index (κ3) is 8.74. The number of hydrogen-bond acceptors (Lipinski definition) is 3. The Kier molecular flexibility index (Phi) is 12.1. The van der Waals surface area contributed by atoms with Crippen LogP contribution in [0.5, 0.6) is 0 Å². The fourth-order valence-electron chi connectivity index (χ4n) is 4.72. The largest absolute Gasteiger partial charge is 0.414 e. The van der Waals surface area contributed by atoms with Crippen LogP contribution in [0, 0.1) is 0 Å². The maximum absolute atomic E-state index is 12.8. The van der Waals surface area contributed by atoms with Crippen molar-refractivity contribution < 1.29 is 14.0 Å². The molecule has 0 aliphatic carbocycles. The van der Waals surface area contributed by atoms with E-state index in [1.165, 1.54) is 0 Å². The van der Waals surface area contributed by atoms with Crippen LogP contribution in [-0.4, -0.2) is 51.8 Å². The molecule has 1 N–H and O–H groups in total. The van der Waals surface area contributed by atoms with E-state index in [1.54, 1.807) is 19.0 Å². The first-order valence-electron chi connectivity index (χ1n) is 12.3. The van der Waals surface area contributed by atoms with Crippen molar-refractivity contribution in [1.29, 1.82) is 0 Å². The average Bonchev–Trinajstić information content (AvgIpc) is 2.73. The fourth-order valence-corrected chi connectivity index (χ4v) is 10.3. The molecule has 0 unspecified atom stereocenters. The molecule has 0 radical (unpaired) electrons. The average molecular weight is 475 g/mol. The summed E-state index contributed by atoms with van der Waals surface area (Å²) in [6, 6.07) is 7.57. The van der Waals surface area contributed by atoms with Crippen LogP contribution in [-0.2, 0) is 9.22 Å². The third-order valence-electron chi connectivity index (χ3n) is 6.39. The molecule has 186 valence electrons. The van der Waals surface area contributed by atoms with E-state index in [0.717, 1.165) is 18.4 Å². The van der Waals surface area contributed by atoms with Crippen LogP contribution >= 0.6 is 0 Å². The van der Waals surface area contributed by atoms with Gasteiger partial charge in [0.2, 0.25) is 5.91 Å². The van der Waals surface area contributed by atoms with Crippen molar-refractivity contribution in [3.63, 3.8) is 0 Å². The molecule has 0 spiro atoms. The third-order valence-corrected chi connectivity index (χ3v) is 12.5. The van der Waals surface area contributed by atoms with Crippen LogP contribution in [0.2, 0.25) is 16.6 Å². The van der Waals surface area contributed by atoms with E-state index < -0.39 is 8.32 Å². The molecule has 0 bridgehead atoms. The summed E-state index contributed by atoms with van der Waals surface area (Å²) in [6.45, 7) is 16.2. The summed E-state index contributed by atoms with van der Waals surface area (Å²) in [5.74, 6) is 0.0686. The maximum atomic E-state index is 12.8. The van der Waals surface area contributed by atoms with Gasteiger partial charge in [0.05, 0.1) is 6.61 Å². The number of hydrogen-bond donors (Lipinski definition) is 1. The zero-order valence-electron chi connectivity index (χ0n) is 22.3. The van der Waals surface area contributed by atoms with E-state index in [0.29, 0.717) is 35.2 Å². The van der Waals surface area contributed by atoms with Gasteiger partial charge in [0.25, 0.3) is 5.91 Å². The van der Waals surface area contributed by atoms with Crippen molar-refractivity contribution in [2.24, 2.45) is 0 Å². The quantitative estimate of drug-likeness (QED) is 0.271. The number of carbonyl (C=O) groups is 2. The summed E-state index contributed by atoms with van der Waals surface area (Å²) in [6.07, 6.45) is 6.27. The van der Waals surface area contributed by atoms with Crippen molar-refractivity contribution in [1.82, 2.24) is 10.2 Å². The molecule has 6 heteroatoms. The van der Waals surface area contributed by atoms with Gasteiger partial charge >= 0.3 is 0 Å². The smallest absolute Gasteiger partial charge is 0.251 e. The van der Waals surface area contributed by atoms with Crippen molar-refractivity contribution in [3.05, 3.63) is 41.5 Å². The highest BCUT2D eigenvalue weighted by atomic mass is 28.4. The van der Waals surface area contributed by atoms with Crippen molar-refractivity contribution in [2.75, 3.05) is 20.7 Å². The van der Waals surface area contributed by atoms with Gasteiger partial charge in [-0.05, 0) is 54.1 Å². The van der Waals surface area contributed by atoms with Crippen LogP contribution in [0.1, 0.15) is 83.7 Å². The molecule has 0 aliphatic heterocycles. The highest BCUT2D eigenvalue weighted by molar-refractivity contribution is 6.77. The summed E-state index contributed by atoms with van der Waals surface area (Å²) in [5, 5.41) is 3.10. The lowest BCUT2D eigenvalue weighted by atomic mass is 10.1. The van der Waals surface area contributed by atoms with Crippen LogP contribution in [0.15, 0.2) is 30.3 Å². The van der Waals surface area contributed by atoms with E-state index in [2.05, 4.69) is 52.9 Å². The molecule has 2 amide bonds. The summed E-state index contributed by atoms with van der Waals surface area (Å²) < 4.78 is 6.63. The second-order valence-corrected chi connectivity index (χ2v) is 15.7. The Hall–Kier alpha value is -1.92. The molecule has 0 saturated carbocycles. The van der Waals surface area contributed by atoms with Crippen LogP contribution in [0.25, 0.3) is 6.08 Å². The van der Waals surface area contributed by atoms with Gasteiger partial charge in [0.1, 0.15) is 0 Å². The molecule has 0 heterocycles. The molecule has 0 aromatic heterocycles. The van der Waals surface area contributed by atoms with Gasteiger partial charge in [0.15, 0.2) is 8.32 Å². The zero-order chi connectivity index (χ0) is 25.2. The first kappa shape index (κ1) is 29.1. The zero-order valence-corrected chi connectivity index (χ0v) is 23.3. The maximum Gasteiger partial charge on any atom is 0.251 e. The lowest BCUT2D eigenvalue weighted by Gasteiger charge is -2.42. The number of nitrogens with one attached hydrogen (secondary N) is 1. The molecule has 5 nitrogen and oxygen atoms in total. The predicted molar refractivity (Wildman–Crippen MR) is 142 cm³/mol. The van der Waals surface area contributed by atoms with Gasteiger partial charge in [0, 0.05) is 32.1 Å².